The van der Waals surface area contributed by atoms with E-state index in [-0.39, 0.29) is 14.7 Å². The van der Waals surface area contributed by atoms with Gasteiger partial charge in [-0.2, -0.15) is 25.3 Å². The Morgan fingerprint density at radius 1 is 0.595 bits per heavy atom. The number of ether oxygens (including phenoxy) is 1. The average molecular weight is 643 g/mol. The molecule has 1 saturated heterocycles. The third-order valence-corrected chi connectivity index (χ3v) is 10.4. The minimum atomic E-state index is -4.63. The molecule has 0 amide bonds. The zero-order valence-corrected chi connectivity index (χ0v) is 25.2. The van der Waals surface area contributed by atoms with Gasteiger partial charge in [0.05, 0.1) is 21.3 Å². The summed E-state index contributed by atoms with van der Waals surface area (Å²) in [7, 11) is -13.6. The summed E-state index contributed by atoms with van der Waals surface area (Å²) in [5.74, 6) is 0. The molecule has 1 fully saturated rings. The minimum absolute atomic E-state index is 0.208. The Hall–Kier alpha value is -2.73. The second kappa shape index (κ2) is 12.5. The Bertz CT molecular complexity index is 1700. The van der Waals surface area contributed by atoms with Crippen LogP contribution in [0.15, 0.2) is 87.5 Å². The standard InChI is InChI=1S/C27H30O12S3/c1-17-4-10-20(11-5-17)40(30,31)36-16-23-25(38-41(32,33)21-12-6-18(2)7-13-21)24(28)26(27(29)37-23)39-42(34,35)22-14-8-19(3)9-15-22/h4-15,23-29H,16H2,1-3H3. The van der Waals surface area contributed by atoms with Crippen LogP contribution in [-0.4, -0.2) is 72.8 Å². The number of aliphatic hydroxyl groups is 2. The van der Waals surface area contributed by atoms with Gasteiger partial charge in [-0.3, -0.25) is 12.5 Å². The lowest BCUT2D eigenvalue weighted by atomic mass is 9.99. The second-order valence-electron chi connectivity index (χ2n) is 9.76. The van der Waals surface area contributed by atoms with Crippen molar-refractivity contribution in [3.8, 4) is 0 Å². The Labute approximate surface area is 244 Å². The van der Waals surface area contributed by atoms with E-state index in [2.05, 4.69) is 0 Å². The van der Waals surface area contributed by atoms with Gasteiger partial charge in [-0.25, -0.2) is 0 Å². The molecule has 3 aromatic carbocycles. The van der Waals surface area contributed by atoms with Crippen molar-refractivity contribution >= 4 is 30.4 Å². The van der Waals surface area contributed by atoms with E-state index in [0.29, 0.717) is 0 Å². The predicted octanol–water partition coefficient (Wildman–Crippen LogP) is 1.94. The molecule has 0 bridgehead atoms. The molecule has 12 nitrogen and oxygen atoms in total. The first-order chi connectivity index (χ1) is 19.6. The molecule has 3 aromatic rings. The minimum Gasteiger partial charge on any atom is -0.387 e. The smallest absolute Gasteiger partial charge is 0.297 e. The van der Waals surface area contributed by atoms with Crippen molar-refractivity contribution in [1.82, 2.24) is 0 Å². The molecule has 2 N–H and O–H groups in total. The van der Waals surface area contributed by atoms with Gasteiger partial charge in [0.15, 0.2) is 12.4 Å². The zero-order chi connectivity index (χ0) is 30.9. The van der Waals surface area contributed by atoms with Crippen molar-refractivity contribution in [3.63, 3.8) is 0 Å². The van der Waals surface area contributed by atoms with E-state index in [9.17, 15) is 35.5 Å². The summed E-state index contributed by atoms with van der Waals surface area (Å²) >= 11 is 0. The number of aryl methyl sites for hydroxylation is 3. The number of hydrogen-bond acceptors (Lipinski definition) is 12. The van der Waals surface area contributed by atoms with Gasteiger partial charge >= 0.3 is 0 Å². The monoisotopic (exact) mass is 642 g/mol. The molecule has 0 aliphatic carbocycles. The molecule has 42 heavy (non-hydrogen) atoms. The molecule has 1 heterocycles. The van der Waals surface area contributed by atoms with Crippen LogP contribution in [0.4, 0.5) is 0 Å². The quantitative estimate of drug-likeness (QED) is 0.308. The maximum Gasteiger partial charge on any atom is 0.297 e. The van der Waals surface area contributed by atoms with Crippen LogP contribution in [0.2, 0.25) is 0 Å². The van der Waals surface area contributed by atoms with Gasteiger partial charge in [-0.05, 0) is 57.2 Å². The largest absolute Gasteiger partial charge is 0.387 e. The SMILES string of the molecule is Cc1ccc(S(=O)(=O)OCC2OC(O)C(OS(=O)(=O)c3ccc(C)cc3)C(O)C2OS(=O)(=O)c2ccc(C)cc2)cc1. The highest BCUT2D eigenvalue weighted by Crippen LogP contribution is 2.31. The molecule has 228 valence electrons. The van der Waals surface area contributed by atoms with Crippen molar-refractivity contribution in [2.45, 2.75) is 66.2 Å². The molecule has 15 heteroatoms. The molecular weight excluding hydrogens is 612 g/mol. The number of rotatable bonds is 10. The number of benzene rings is 3. The normalized spacial score (nSPS) is 23.5. The summed E-state index contributed by atoms with van der Waals surface area (Å²) in [4.78, 5) is -0.810. The maximum atomic E-state index is 13.1. The molecular formula is C27H30O12S3. The van der Waals surface area contributed by atoms with Crippen LogP contribution in [0.1, 0.15) is 16.7 Å². The predicted molar refractivity (Wildman–Crippen MR) is 148 cm³/mol. The second-order valence-corrected chi connectivity index (χ2v) is 14.5. The number of aliphatic hydroxyl groups excluding tert-OH is 2. The van der Waals surface area contributed by atoms with Gasteiger partial charge in [0.25, 0.3) is 30.4 Å². The van der Waals surface area contributed by atoms with E-state index >= 15 is 0 Å². The molecule has 5 atom stereocenters. The maximum absolute atomic E-state index is 13.1. The molecule has 1 aliphatic rings. The van der Waals surface area contributed by atoms with E-state index < -0.39 is 67.7 Å². The lowest BCUT2D eigenvalue weighted by Gasteiger charge is -2.41. The zero-order valence-electron chi connectivity index (χ0n) is 22.7. The highest BCUT2D eigenvalue weighted by molar-refractivity contribution is 7.87. The summed E-state index contributed by atoms with van der Waals surface area (Å²) in [5.41, 5.74) is 2.30. The Balaban J connectivity index is 1.63. The lowest BCUT2D eigenvalue weighted by Crippen LogP contribution is -2.61. The van der Waals surface area contributed by atoms with Gasteiger partial charge < -0.3 is 14.9 Å². The van der Waals surface area contributed by atoms with Crippen LogP contribution in [0, 0.1) is 20.8 Å². The van der Waals surface area contributed by atoms with Gasteiger partial charge in [0.2, 0.25) is 0 Å². The molecule has 0 saturated carbocycles. The first-order valence-electron chi connectivity index (χ1n) is 12.6. The van der Waals surface area contributed by atoms with Crippen molar-refractivity contribution in [3.05, 3.63) is 89.5 Å². The highest BCUT2D eigenvalue weighted by atomic mass is 32.2. The van der Waals surface area contributed by atoms with Crippen LogP contribution >= 0.6 is 0 Å². The fourth-order valence-corrected chi connectivity index (χ4v) is 7.12. The third kappa shape index (κ3) is 7.42. The van der Waals surface area contributed by atoms with E-state index in [0.717, 1.165) is 16.7 Å². The fourth-order valence-electron chi connectivity index (χ4n) is 4.01. The molecule has 5 unspecified atom stereocenters. The summed E-state index contributed by atoms with van der Waals surface area (Å²) in [6, 6.07) is 16.7. The summed E-state index contributed by atoms with van der Waals surface area (Å²) in [5, 5.41) is 21.8. The first-order valence-corrected chi connectivity index (χ1v) is 16.8. The summed E-state index contributed by atoms with van der Waals surface area (Å²) in [6.07, 6.45) is -10.0. The average Bonchev–Trinajstić information content (AvgIpc) is 2.92. The number of hydrogen-bond donors (Lipinski definition) is 2. The van der Waals surface area contributed by atoms with E-state index in [4.69, 9.17) is 17.3 Å². The third-order valence-electron chi connectivity index (χ3n) is 6.43. The molecule has 0 aromatic heterocycles. The Morgan fingerprint density at radius 2 is 0.952 bits per heavy atom. The Kier molecular flexibility index (Phi) is 9.56. The van der Waals surface area contributed by atoms with Crippen molar-refractivity contribution < 1.29 is 52.8 Å². The first kappa shape index (κ1) is 32.2. The molecule has 1 aliphatic heterocycles. The molecule has 4 rings (SSSR count). The highest BCUT2D eigenvalue weighted by Gasteiger charge is 2.50. The van der Waals surface area contributed by atoms with Crippen molar-refractivity contribution in [2.75, 3.05) is 6.61 Å². The van der Waals surface area contributed by atoms with Gasteiger partial charge in [-0.15, -0.1) is 0 Å². The fraction of sp³-hybridized carbons (Fsp3) is 0.333. The van der Waals surface area contributed by atoms with Crippen molar-refractivity contribution in [2.24, 2.45) is 0 Å². The molecule has 0 spiro atoms. The van der Waals surface area contributed by atoms with E-state index in [1.54, 1.807) is 20.8 Å². The van der Waals surface area contributed by atoms with Gasteiger partial charge in [0, 0.05) is 0 Å². The van der Waals surface area contributed by atoms with E-state index in [1.807, 2.05) is 0 Å². The van der Waals surface area contributed by atoms with Crippen LogP contribution in [0.3, 0.4) is 0 Å². The molecule has 0 radical (unpaired) electrons. The van der Waals surface area contributed by atoms with Crippen LogP contribution in [0.25, 0.3) is 0 Å². The summed E-state index contributed by atoms with van der Waals surface area (Å²) < 4.78 is 98.3. The Morgan fingerprint density at radius 3 is 1.36 bits per heavy atom. The van der Waals surface area contributed by atoms with E-state index in [1.165, 1.54) is 72.8 Å². The van der Waals surface area contributed by atoms with Crippen LogP contribution < -0.4 is 0 Å². The summed E-state index contributed by atoms with van der Waals surface area (Å²) in [6.45, 7) is 4.31. The van der Waals surface area contributed by atoms with Crippen LogP contribution in [0.5, 0.6) is 0 Å². The van der Waals surface area contributed by atoms with Gasteiger partial charge in [-0.1, -0.05) is 53.1 Å². The topological polar surface area (TPSA) is 180 Å². The lowest BCUT2D eigenvalue weighted by molar-refractivity contribution is -0.273. The van der Waals surface area contributed by atoms with Gasteiger partial charge in [0.1, 0.15) is 18.3 Å². The van der Waals surface area contributed by atoms with Crippen molar-refractivity contribution in [1.29, 1.82) is 0 Å². The van der Waals surface area contributed by atoms with Crippen LogP contribution in [-0.2, 0) is 47.6 Å².